The number of aryl methyl sites for hydroxylation is 3. The van der Waals surface area contributed by atoms with Crippen molar-refractivity contribution in [2.75, 3.05) is 29.4 Å². The molecule has 6 nitrogen and oxygen atoms in total. The lowest BCUT2D eigenvalue weighted by atomic mass is 9.94. The zero-order valence-corrected chi connectivity index (χ0v) is 23.0. The molecule has 3 aliphatic carbocycles. The Labute approximate surface area is 228 Å². The molecule has 2 aromatic heterocycles. The van der Waals surface area contributed by atoms with Crippen molar-refractivity contribution < 1.29 is 17.6 Å². The standard InChI is InChI=1S/C30H38F3N5O/c1-4-37(17-22-9-5-6-10-22)28-25(16-24-11-7-8-12-27(24)34-28)19-38(29-36-35-21(3)39-29)18-23-13-20(2)14-26(15-23)30(31,32)33/h13,15-16,22H,2,4-12,14,17-19H2,1,3H3. The first-order chi connectivity index (χ1) is 18.7. The first-order valence-electron chi connectivity index (χ1n) is 14.2. The minimum absolute atomic E-state index is 0.186. The number of allylic oxidation sites excluding steroid dienone is 3. The van der Waals surface area contributed by atoms with Crippen LogP contribution in [0, 0.1) is 12.8 Å². The molecule has 5 rings (SSSR count). The van der Waals surface area contributed by atoms with Gasteiger partial charge in [-0.3, -0.25) is 0 Å². The summed E-state index contributed by atoms with van der Waals surface area (Å²) in [6, 6.07) is 2.55. The molecule has 0 saturated heterocycles. The maximum absolute atomic E-state index is 13.6. The molecule has 3 aliphatic rings. The van der Waals surface area contributed by atoms with Crippen LogP contribution in [0.15, 0.2) is 45.9 Å². The SMILES string of the molecule is C=C1C=C(CN(Cc2cc3c(nc2N(CC)CC2CCCC2)CCCC3)c2nnc(C)o2)C=C(C(F)(F)F)C1. The van der Waals surface area contributed by atoms with Gasteiger partial charge in [-0.15, -0.1) is 5.10 Å². The molecule has 0 aromatic carbocycles. The number of hydrogen-bond donors (Lipinski definition) is 0. The Hall–Kier alpha value is -3.10. The number of nitrogens with zero attached hydrogens (tertiary/aromatic N) is 5. The molecule has 2 aromatic rings. The van der Waals surface area contributed by atoms with Gasteiger partial charge in [0.15, 0.2) is 0 Å². The van der Waals surface area contributed by atoms with Crippen LogP contribution < -0.4 is 9.80 Å². The molecule has 2 heterocycles. The average Bonchev–Trinajstić information content (AvgIpc) is 3.57. The van der Waals surface area contributed by atoms with Crippen molar-refractivity contribution in [2.24, 2.45) is 5.92 Å². The van der Waals surface area contributed by atoms with Crippen LogP contribution in [-0.4, -0.2) is 41.0 Å². The van der Waals surface area contributed by atoms with Crippen LogP contribution >= 0.6 is 0 Å². The number of pyridine rings is 1. The van der Waals surface area contributed by atoms with E-state index in [0.29, 0.717) is 29.5 Å². The van der Waals surface area contributed by atoms with Crippen molar-refractivity contribution in [3.05, 3.63) is 64.2 Å². The van der Waals surface area contributed by atoms with Gasteiger partial charge >= 0.3 is 12.2 Å². The van der Waals surface area contributed by atoms with Crippen LogP contribution in [0.3, 0.4) is 0 Å². The maximum Gasteiger partial charge on any atom is 0.413 e. The third-order valence-electron chi connectivity index (χ3n) is 8.04. The zero-order valence-electron chi connectivity index (χ0n) is 23.0. The molecule has 1 saturated carbocycles. The van der Waals surface area contributed by atoms with E-state index >= 15 is 0 Å². The molecule has 39 heavy (non-hydrogen) atoms. The zero-order chi connectivity index (χ0) is 27.6. The number of hydrogen-bond acceptors (Lipinski definition) is 6. The molecule has 0 spiro atoms. The lowest BCUT2D eigenvalue weighted by Gasteiger charge is -2.31. The van der Waals surface area contributed by atoms with Gasteiger partial charge in [0.25, 0.3) is 0 Å². The number of fused-ring (bicyclic) bond motifs is 1. The van der Waals surface area contributed by atoms with Gasteiger partial charge in [0.2, 0.25) is 5.89 Å². The van der Waals surface area contributed by atoms with Crippen LogP contribution in [-0.2, 0) is 19.4 Å². The van der Waals surface area contributed by atoms with Crippen molar-refractivity contribution >= 4 is 11.8 Å². The van der Waals surface area contributed by atoms with E-state index in [2.05, 4.69) is 34.7 Å². The quantitative estimate of drug-likeness (QED) is 0.339. The Bertz CT molecular complexity index is 1260. The molecule has 0 atom stereocenters. The summed E-state index contributed by atoms with van der Waals surface area (Å²) in [5.74, 6) is 2.04. The highest BCUT2D eigenvalue weighted by molar-refractivity contribution is 5.53. The number of alkyl halides is 3. The predicted octanol–water partition coefficient (Wildman–Crippen LogP) is 7.05. The molecule has 0 amide bonds. The molecule has 9 heteroatoms. The van der Waals surface area contributed by atoms with E-state index in [1.807, 2.05) is 4.90 Å². The normalized spacial score (nSPS) is 18.1. The summed E-state index contributed by atoms with van der Waals surface area (Å²) in [6.45, 7) is 10.1. The highest BCUT2D eigenvalue weighted by Crippen LogP contribution is 2.36. The van der Waals surface area contributed by atoms with Gasteiger partial charge in [0, 0.05) is 49.8 Å². The summed E-state index contributed by atoms with van der Waals surface area (Å²) in [5.41, 5.74) is 3.85. The maximum atomic E-state index is 13.6. The van der Waals surface area contributed by atoms with Crippen LogP contribution in [0.5, 0.6) is 0 Å². The van der Waals surface area contributed by atoms with Gasteiger partial charge in [0.05, 0.1) is 6.54 Å². The fraction of sp³-hybridized carbons (Fsp3) is 0.567. The van der Waals surface area contributed by atoms with Crippen molar-refractivity contribution in [3.63, 3.8) is 0 Å². The number of rotatable bonds is 9. The minimum atomic E-state index is -4.40. The number of anilines is 2. The first kappa shape index (κ1) is 27.5. The van der Waals surface area contributed by atoms with Crippen LogP contribution in [0.4, 0.5) is 25.0 Å². The van der Waals surface area contributed by atoms with E-state index in [0.717, 1.165) is 50.2 Å². The summed E-state index contributed by atoms with van der Waals surface area (Å²) in [5, 5.41) is 8.25. The number of aromatic nitrogens is 3. The van der Waals surface area contributed by atoms with E-state index in [9.17, 15) is 13.2 Å². The van der Waals surface area contributed by atoms with E-state index in [-0.39, 0.29) is 19.0 Å². The lowest BCUT2D eigenvalue weighted by molar-refractivity contribution is -0.0932. The second-order valence-electron chi connectivity index (χ2n) is 11.2. The summed E-state index contributed by atoms with van der Waals surface area (Å²) in [6.07, 6.45) is 7.69. The number of halogens is 3. The highest BCUT2D eigenvalue weighted by atomic mass is 19.4. The second-order valence-corrected chi connectivity index (χ2v) is 11.2. The fourth-order valence-corrected chi connectivity index (χ4v) is 6.11. The second kappa shape index (κ2) is 11.6. The van der Waals surface area contributed by atoms with Crippen molar-refractivity contribution in [3.8, 4) is 0 Å². The first-order valence-corrected chi connectivity index (χ1v) is 14.2. The Morgan fingerprint density at radius 2 is 1.79 bits per heavy atom. The van der Waals surface area contributed by atoms with Gasteiger partial charge in [-0.1, -0.05) is 36.2 Å². The van der Waals surface area contributed by atoms with Gasteiger partial charge in [-0.05, 0) is 74.6 Å². The van der Waals surface area contributed by atoms with Gasteiger partial charge in [-0.2, -0.15) is 13.2 Å². The lowest BCUT2D eigenvalue weighted by Crippen LogP contribution is -2.33. The predicted molar refractivity (Wildman–Crippen MR) is 147 cm³/mol. The van der Waals surface area contributed by atoms with Gasteiger partial charge in [-0.25, -0.2) is 4.98 Å². The Kier molecular flexibility index (Phi) is 8.14. The van der Waals surface area contributed by atoms with E-state index < -0.39 is 11.7 Å². The van der Waals surface area contributed by atoms with Crippen LogP contribution in [0.1, 0.15) is 74.6 Å². The minimum Gasteiger partial charge on any atom is -0.408 e. The highest BCUT2D eigenvalue weighted by Gasteiger charge is 2.35. The third kappa shape index (κ3) is 6.56. The molecular formula is C30H38F3N5O. The van der Waals surface area contributed by atoms with Gasteiger partial charge < -0.3 is 14.2 Å². The topological polar surface area (TPSA) is 58.3 Å². The van der Waals surface area contributed by atoms with Crippen molar-refractivity contribution in [1.82, 2.24) is 15.2 Å². The molecule has 0 radical (unpaired) electrons. The Balaban J connectivity index is 1.50. The van der Waals surface area contributed by atoms with Crippen molar-refractivity contribution in [2.45, 2.75) is 84.4 Å². The molecule has 1 fully saturated rings. The van der Waals surface area contributed by atoms with Crippen LogP contribution in [0.25, 0.3) is 0 Å². The van der Waals surface area contributed by atoms with E-state index in [1.165, 1.54) is 43.0 Å². The molecule has 0 unspecified atom stereocenters. The van der Waals surface area contributed by atoms with E-state index in [1.54, 1.807) is 13.0 Å². The molecule has 210 valence electrons. The third-order valence-corrected chi connectivity index (χ3v) is 8.04. The summed E-state index contributed by atoms with van der Waals surface area (Å²) in [7, 11) is 0. The Morgan fingerprint density at radius 3 is 2.49 bits per heavy atom. The van der Waals surface area contributed by atoms with Crippen LogP contribution in [0.2, 0.25) is 0 Å². The molecule has 0 bridgehead atoms. The average molecular weight is 542 g/mol. The summed E-state index contributed by atoms with van der Waals surface area (Å²) in [4.78, 5) is 9.48. The summed E-state index contributed by atoms with van der Waals surface area (Å²) >= 11 is 0. The smallest absolute Gasteiger partial charge is 0.408 e. The van der Waals surface area contributed by atoms with Gasteiger partial charge in [0.1, 0.15) is 5.82 Å². The van der Waals surface area contributed by atoms with E-state index in [4.69, 9.17) is 9.40 Å². The fourth-order valence-electron chi connectivity index (χ4n) is 6.11. The molecule has 0 aliphatic heterocycles. The molecular weight excluding hydrogens is 503 g/mol. The summed E-state index contributed by atoms with van der Waals surface area (Å²) < 4.78 is 46.6. The Morgan fingerprint density at radius 1 is 1.03 bits per heavy atom. The molecule has 0 N–H and O–H groups in total. The van der Waals surface area contributed by atoms with Crippen molar-refractivity contribution in [1.29, 1.82) is 0 Å². The largest absolute Gasteiger partial charge is 0.413 e. The monoisotopic (exact) mass is 541 g/mol.